The molecule has 1 amide bonds. The fourth-order valence-electron chi connectivity index (χ4n) is 3.97. The Bertz CT molecular complexity index is 1210. The molecular weight excluding hydrogens is 470 g/mol. The summed E-state index contributed by atoms with van der Waals surface area (Å²) in [5.74, 6) is -2.88. The van der Waals surface area contributed by atoms with Gasteiger partial charge in [0, 0.05) is 39.8 Å². The first-order chi connectivity index (χ1) is 15.4. The number of hydrogen-bond donors (Lipinski definition) is 1. The van der Waals surface area contributed by atoms with Crippen molar-refractivity contribution in [3.8, 4) is 0 Å². The van der Waals surface area contributed by atoms with E-state index in [0.29, 0.717) is 15.6 Å². The van der Waals surface area contributed by atoms with E-state index in [1.165, 1.54) is 11.3 Å². The van der Waals surface area contributed by atoms with Crippen molar-refractivity contribution in [2.45, 2.75) is 47.4 Å². The second-order valence-corrected chi connectivity index (χ2v) is 10.7. The van der Waals surface area contributed by atoms with Crippen molar-refractivity contribution in [3.63, 3.8) is 0 Å². The molecule has 3 aromatic rings. The third-order valence-corrected chi connectivity index (χ3v) is 8.05. The third-order valence-electron chi connectivity index (χ3n) is 5.67. The lowest BCUT2D eigenvalue weighted by atomic mass is 9.92. The molecule has 0 unspecified atom stereocenters. The molecule has 0 saturated heterocycles. The Morgan fingerprint density at radius 2 is 1.84 bits per heavy atom. The van der Waals surface area contributed by atoms with Gasteiger partial charge in [0.1, 0.15) is 0 Å². The Morgan fingerprint density at radius 3 is 2.59 bits per heavy atom. The van der Waals surface area contributed by atoms with Crippen molar-refractivity contribution in [1.82, 2.24) is 5.32 Å². The van der Waals surface area contributed by atoms with Gasteiger partial charge in [0.2, 0.25) is 5.92 Å². The second kappa shape index (κ2) is 8.61. The SMILES string of the molecule is O=C(NC1CCC(F)(F)CC1)c1ccc2c(c1)N=C(c1ccc(Cl)s1)c1ccccc1S2. The number of fused-ring (bicyclic) bond motifs is 2. The first-order valence-electron chi connectivity index (χ1n) is 10.3. The number of carbonyl (C=O) groups is 1. The molecule has 0 radical (unpaired) electrons. The fourth-order valence-corrected chi connectivity index (χ4v) is 6.02. The van der Waals surface area contributed by atoms with Crippen LogP contribution in [0.25, 0.3) is 0 Å². The summed E-state index contributed by atoms with van der Waals surface area (Å²) >= 11 is 9.25. The van der Waals surface area contributed by atoms with Crippen molar-refractivity contribution >= 4 is 52.0 Å². The number of halogens is 3. The first-order valence-corrected chi connectivity index (χ1v) is 12.3. The van der Waals surface area contributed by atoms with Crippen LogP contribution in [0.1, 0.15) is 46.5 Å². The van der Waals surface area contributed by atoms with Crippen LogP contribution in [0.15, 0.2) is 69.4 Å². The van der Waals surface area contributed by atoms with Gasteiger partial charge in [0.25, 0.3) is 5.91 Å². The van der Waals surface area contributed by atoms with E-state index in [1.54, 1.807) is 23.9 Å². The molecule has 8 heteroatoms. The molecule has 32 heavy (non-hydrogen) atoms. The van der Waals surface area contributed by atoms with Gasteiger partial charge in [-0.3, -0.25) is 4.79 Å². The lowest BCUT2D eigenvalue weighted by molar-refractivity contribution is -0.0399. The van der Waals surface area contributed by atoms with Crippen LogP contribution in [-0.4, -0.2) is 23.6 Å². The highest BCUT2D eigenvalue weighted by Crippen LogP contribution is 2.42. The fraction of sp³-hybridized carbons (Fsp3) is 0.250. The minimum absolute atomic E-state index is 0.186. The third kappa shape index (κ3) is 4.47. The zero-order valence-electron chi connectivity index (χ0n) is 16.9. The molecular formula is C24H19ClF2N2OS2. The highest BCUT2D eigenvalue weighted by atomic mass is 35.5. The van der Waals surface area contributed by atoms with Crippen molar-refractivity contribution in [1.29, 1.82) is 0 Å². The molecule has 1 fully saturated rings. The molecule has 2 aliphatic rings. The Labute approximate surface area is 197 Å². The molecule has 1 aromatic heterocycles. The quantitative estimate of drug-likeness (QED) is 0.327. The van der Waals surface area contributed by atoms with Gasteiger partial charge < -0.3 is 5.32 Å². The minimum Gasteiger partial charge on any atom is -0.349 e. The van der Waals surface area contributed by atoms with Crippen LogP contribution in [-0.2, 0) is 0 Å². The van der Waals surface area contributed by atoms with E-state index in [-0.39, 0.29) is 37.6 Å². The number of thiophene rings is 1. The Morgan fingerprint density at radius 1 is 1.06 bits per heavy atom. The highest BCUT2D eigenvalue weighted by molar-refractivity contribution is 7.99. The molecule has 5 rings (SSSR count). The average molecular weight is 489 g/mol. The van der Waals surface area contributed by atoms with Crippen LogP contribution in [0, 0.1) is 0 Å². The van der Waals surface area contributed by atoms with E-state index in [2.05, 4.69) is 11.4 Å². The predicted octanol–water partition coefficient (Wildman–Crippen LogP) is 7.34. The van der Waals surface area contributed by atoms with E-state index in [0.717, 1.165) is 25.9 Å². The van der Waals surface area contributed by atoms with Crippen LogP contribution in [0.3, 0.4) is 0 Å². The average Bonchev–Trinajstić information content (AvgIpc) is 3.13. The van der Waals surface area contributed by atoms with E-state index < -0.39 is 5.92 Å². The monoisotopic (exact) mass is 488 g/mol. The summed E-state index contributed by atoms with van der Waals surface area (Å²) in [5, 5.41) is 2.92. The molecule has 1 N–H and O–H groups in total. The highest BCUT2D eigenvalue weighted by Gasteiger charge is 2.35. The topological polar surface area (TPSA) is 41.5 Å². The minimum atomic E-state index is -2.62. The van der Waals surface area contributed by atoms with Crippen molar-refractivity contribution < 1.29 is 13.6 Å². The maximum Gasteiger partial charge on any atom is 0.251 e. The molecule has 0 spiro atoms. The summed E-state index contributed by atoms with van der Waals surface area (Å²) < 4.78 is 27.5. The van der Waals surface area contributed by atoms with Crippen LogP contribution < -0.4 is 5.32 Å². The standard InChI is InChI=1S/C24H19ClF2N2OS2/c25-21-8-7-20(32-21)22-16-3-1-2-4-18(16)31-19-6-5-14(13-17(19)29-22)23(30)28-15-9-11-24(26,27)12-10-15/h1-8,13,15H,9-12H2,(H,28,30). The summed E-state index contributed by atoms with van der Waals surface area (Å²) in [6.45, 7) is 0. The summed E-state index contributed by atoms with van der Waals surface area (Å²) in [5.41, 5.74) is 3.01. The van der Waals surface area contributed by atoms with Crippen molar-refractivity contribution in [3.05, 3.63) is 74.9 Å². The van der Waals surface area contributed by atoms with Crippen molar-refractivity contribution in [2.24, 2.45) is 4.99 Å². The summed E-state index contributed by atoms with van der Waals surface area (Å²) in [6, 6.07) is 17.1. The zero-order chi connectivity index (χ0) is 22.3. The van der Waals surface area contributed by atoms with Crippen LogP contribution in [0.2, 0.25) is 4.34 Å². The Hall–Kier alpha value is -2.22. The van der Waals surface area contributed by atoms with E-state index >= 15 is 0 Å². The van der Waals surface area contributed by atoms with Crippen molar-refractivity contribution in [2.75, 3.05) is 0 Å². The molecule has 1 aliphatic heterocycles. The Balaban J connectivity index is 1.47. The number of benzene rings is 2. The maximum absolute atomic E-state index is 13.4. The molecule has 2 aromatic carbocycles. The maximum atomic E-state index is 13.4. The number of hydrogen-bond acceptors (Lipinski definition) is 4. The first kappa shape index (κ1) is 21.6. The number of nitrogens with one attached hydrogen (secondary N) is 1. The molecule has 2 heterocycles. The number of nitrogens with zero attached hydrogens (tertiary/aromatic N) is 1. The van der Waals surface area contributed by atoms with E-state index in [9.17, 15) is 13.6 Å². The molecule has 0 bridgehead atoms. The van der Waals surface area contributed by atoms with E-state index in [4.69, 9.17) is 16.6 Å². The summed E-state index contributed by atoms with van der Waals surface area (Å²) in [7, 11) is 0. The van der Waals surface area contributed by atoms with Crippen LogP contribution >= 0.6 is 34.7 Å². The van der Waals surface area contributed by atoms with Gasteiger partial charge in [0.05, 0.1) is 20.6 Å². The number of alkyl halides is 2. The van der Waals surface area contributed by atoms with Gasteiger partial charge >= 0.3 is 0 Å². The summed E-state index contributed by atoms with van der Waals surface area (Å²) in [6.07, 6.45) is 0.203. The lowest BCUT2D eigenvalue weighted by Gasteiger charge is -2.28. The largest absolute Gasteiger partial charge is 0.349 e. The van der Waals surface area contributed by atoms with Gasteiger partial charge in [-0.25, -0.2) is 13.8 Å². The number of aliphatic imine (C=N–C) groups is 1. The van der Waals surface area contributed by atoms with Gasteiger partial charge in [-0.1, -0.05) is 41.6 Å². The van der Waals surface area contributed by atoms with Gasteiger partial charge in [0.15, 0.2) is 0 Å². The predicted molar refractivity (Wildman–Crippen MR) is 126 cm³/mol. The Kier molecular flexibility index (Phi) is 5.82. The van der Waals surface area contributed by atoms with Gasteiger partial charge in [-0.15, -0.1) is 11.3 Å². The zero-order valence-corrected chi connectivity index (χ0v) is 19.3. The lowest BCUT2D eigenvalue weighted by Crippen LogP contribution is -2.40. The van der Waals surface area contributed by atoms with Gasteiger partial charge in [-0.05, 0) is 49.2 Å². The molecule has 0 atom stereocenters. The number of rotatable bonds is 3. The summed E-state index contributed by atoms with van der Waals surface area (Å²) in [4.78, 5) is 20.8. The normalized spacial score (nSPS) is 17.7. The number of carbonyl (C=O) groups excluding carboxylic acids is 1. The number of amides is 1. The van der Waals surface area contributed by atoms with E-state index in [1.807, 2.05) is 36.4 Å². The molecule has 1 aliphatic carbocycles. The van der Waals surface area contributed by atoms with Gasteiger partial charge in [-0.2, -0.15) is 0 Å². The molecule has 164 valence electrons. The second-order valence-electron chi connectivity index (χ2n) is 7.95. The smallest absolute Gasteiger partial charge is 0.251 e. The molecule has 3 nitrogen and oxygen atoms in total. The molecule has 1 saturated carbocycles. The van der Waals surface area contributed by atoms with Crippen LogP contribution in [0.5, 0.6) is 0 Å². The van der Waals surface area contributed by atoms with Crippen LogP contribution in [0.4, 0.5) is 14.5 Å².